The Labute approximate surface area is 90.6 Å². The van der Waals surface area contributed by atoms with Crippen LogP contribution in [-0.4, -0.2) is 31.3 Å². The second-order valence-corrected chi connectivity index (χ2v) is 3.27. The van der Waals surface area contributed by atoms with Crippen LogP contribution in [0.2, 0.25) is 0 Å². The molecule has 2 rings (SSSR count). The molecule has 0 aromatic carbocycles. The number of carbonyl (C=O) groups excluding carboxylic acids is 1. The molecule has 2 aromatic heterocycles. The Morgan fingerprint density at radius 1 is 1.62 bits per heavy atom. The molecule has 8 heteroatoms. The zero-order valence-electron chi connectivity index (χ0n) is 8.84. The van der Waals surface area contributed by atoms with Gasteiger partial charge in [0.05, 0.1) is 6.42 Å². The molecule has 84 valence electrons. The van der Waals surface area contributed by atoms with Crippen LogP contribution < -0.4 is 5.32 Å². The van der Waals surface area contributed by atoms with Crippen molar-refractivity contribution in [1.82, 2.24) is 25.4 Å². The van der Waals surface area contributed by atoms with Gasteiger partial charge in [0, 0.05) is 13.1 Å². The molecule has 0 bridgehead atoms. The van der Waals surface area contributed by atoms with Gasteiger partial charge < -0.3 is 9.84 Å². The molecular weight excluding hydrogens is 212 g/mol. The number of anilines is 1. The molecule has 0 spiro atoms. The summed E-state index contributed by atoms with van der Waals surface area (Å²) in [5.74, 6) is 1.26. The van der Waals surface area contributed by atoms with Crippen molar-refractivity contribution >= 4 is 11.7 Å². The second kappa shape index (κ2) is 4.09. The minimum absolute atomic E-state index is 0.0927. The van der Waals surface area contributed by atoms with Crippen LogP contribution in [-0.2, 0) is 18.3 Å². The van der Waals surface area contributed by atoms with Crippen LogP contribution in [0, 0.1) is 6.92 Å². The molecule has 0 unspecified atom stereocenters. The zero-order chi connectivity index (χ0) is 11.5. The third-order valence-corrected chi connectivity index (χ3v) is 1.92. The van der Waals surface area contributed by atoms with E-state index in [0.717, 1.165) is 0 Å². The lowest BCUT2D eigenvalue weighted by molar-refractivity contribution is -0.115. The Morgan fingerprint density at radius 2 is 2.44 bits per heavy atom. The predicted molar refractivity (Wildman–Crippen MR) is 52.4 cm³/mol. The molecule has 0 aliphatic heterocycles. The molecule has 0 aliphatic rings. The normalized spacial score (nSPS) is 10.4. The third kappa shape index (κ3) is 2.22. The average molecular weight is 222 g/mol. The summed E-state index contributed by atoms with van der Waals surface area (Å²) in [5.41, 5.74) is 0. The monoisotopic (exact) mass is 222 g/mol. The van der Waals surface area contributed by atoms with E-state index < -0.39 is 0 Å². The zero-order valence-corrected chi connectivity index (χ0v) is 8.84. The minimum atomic E-state index is -0.244. The van der Waals surface area contributed by atoms with Gasteiger partial charge in [-0.1, -0.05) is 5.16 Å². The minimum Gasteiger partial charge on any atom is -0.360 e. The molecule has 8 nitrogen and oxygen atoms in total. The Hall–Kier alpha value is -2.25. The summed E-state index contributed by atoms with van der Waals surface area (Å²) in [4.78, 5) is 11.5. The maximum Gasteiger partial charge on any atom is 0.233 e. The van der Waals surface area contributed by atoms with E-state index >= 15 is 0 Å². The summed E-state index contributed by atoms with van der Waals surface area (Å²) in [6.07, 6.45) is 0.0927. The van der Waals surface area contributed by atoms with Gasteiger partial charge in [-0.05, 0) is 17.4 Å². The fourth-order valence-electron chi connectivity index (χ4n) is 1.15. The molecular formula is C8H10N6O2. The molecule has 1 amide bonds. The molecule has 0 aliphatic carbocycles. The molecule has 0 atom stereocenters. The van der Waals surface area contributed by atoms with E-state index in [1.807, 2.05) is 0 Å². The van der Waals surface area contributed by atoms with E-state index in [-0.39, 0.29) is 12.3 Å². The van der Waals surface area contributed by atoms with Crippen LogP contribution in [0.5, 0.6) is 0 Å². The summed E-state index contributed by atoms with van der Waals surface area (Å²) >= 11 is 0. The maximum absolute atomic E-state index is 11.5. The lowest BCUT2D eigenvalue weighted by atomic mass is 10.3. The first kappa shape index (κ1) is 10.3. The van der Waals surface area contributed by atoms with E-state index in [0.29, 0.717) is 17.4 Å². The van der Waals surface area contributed by atoms with E-state index in [1.54, 1.807) is 20.0 Å². The van der Waals surface area contributed by atoms with Gasteiger partial charge in [0.25, 0.3) is 0 Å². The topological polar surface area (TPSA) is 98.7 Å². The number of aryl methyl sites for hydroxylation is 2. The van der Waals surface area contributed by atoms with E-state index in [2.05, 4.69) is 26.0 Å². The Kier molecular flexibility index (Phi) is 2.63. The standard InChI is InChI=1S/C8H10N6O2/c1-5-3-6(11-16-5)9-8(15)4-7-10-12-13-14(7)2/h3H,4H2,1-2H3,(H,9,11,15). The third-order valence-electron chi connectivity index (χ3n) is 1.92. The molecule has 2 heterocycles. The van der Waals surface area contributed by atoms with Crippen LogP contribution in [0.25, 0.3) is 0 Å². The van der Waals surface area contributed by atoms with Gasteiger partial charge in [-0.15, -0.1) is 5.10 Å². The highest BCUT2D eigenvalue weighted by atomic mass is 16.5. The van der Waals surface area contributed by atoms with Gasteiger partial charge in [-0.2, -0.15) is 0 Å². The molecule has 0 saturated heterocycles. The van der Waals surface area contributed by atoms with Crippen molar-refractivity contribution in [2.75, 3.05) is 5.32 Å². The highest BCUT2D eigenvalue weighted by molar-refractivity contribution is 5.90. The molecule has 1 N–H and O–H groups in total. The summed E-state index contributed by atoms with van der Waals surface area (Å²) in [5, 5.41) is 17.0. The number of nitrogens with one attached hydrogen (secondary N) is 1. The molecule has 0 fully saturated rings. The number of nitrogens with zero attached hydrogens (tertiary/aromatic N) is 5. The smallest absolute Gasteiger partial charge is 0.233 e. The molecule has 2 aromatic rings. The second-order valence-electron chi connectivity index (χ2n) is 3.27. The lowest BCUT2D eigenvalue weighted by Gasteiger charge is -1.99. The summed E-state index contributed by atoms with van der Waals surface area (Å²) in [7, 11) is 1.67. The fourth-order valence-corrected chi connectivity index (χ4v) is 1.15. The maximum atomic E-state index is 11.5. The summed E-state index contributed by atoms with van der Waals surface area (Å²) in [6.45, 7) is 1.75. The van der Waals surface area contributed by atoms with Crippen LogP contribution in [0.3, 0.4) is 0 Å². The van der Waals surface area contributed by atoms with E-state index in [1.165, 1.54) is 4.68 Å². The number of carbonyl (C=O) groups is 1. The fraction of sp³-hybridized carbons (Fsp3) is 0.375. The van der Waals surface area contributed by atoms with E-state index in [4.69, 9.17) is 4.52 Å². The van der Waals surface area contributed by atoms with Crippen molar-refractivity contribution in [1.29, 1.82) is 0 Å². The van der Waals surface area contributed by atoms with Crippen molar-refractivity contribution in [2.45, 2.75) is 13.3 Å². The average Bonchev–Trinajstić information content (AvgIpc) is 2.77. The number of tetrazole rings is 1. The largest absolute Gasteiger partial charge is 0.360 e. The first-order chi connectivity index (χ1) is 7.65. The SMILES string of the molecule is Cc1cc(NC(=O)Cc2nnnn2C)no1. The molecule has 16 heavy (non-hydrogen) atoms. The quantitative estimate of drug-likeness (QED) is 0.764. The van der Waals surface area contributed by atoms with Gasteiger partial charge in [0.15, 0.2) is 11.6 Å². The van der Waals surface area contributed by atoms with Gasteiger partial charge in [0.2, 0.25) is 5.91 Å². The Balaban J connectivity index is 1.97. The lowest BCUT2D eigenvalue weighted by Crippen LogP contribution is -2.17. The van der Waals surface area contributed by atoms with Gasteiger partial charge in [0.1, 0.15) is 5.76 Å². The number of rotatable bonds is 3. The van der Waals surface area contributed by atoms with Crippen LogP contribution >= 0.6 is 0 Å². The van der Waals surface area contributed by atoms with Gasteiger partial charge in [-0.3, -0.25) is 4.79 Å². The predicted octanol–water partition coefficient (Wildman–Crippen LogP) is -0.312. The summed E-state index contributed by atoms with van der Waals surface area (Å²) < 4.78 is 6.25. The van der Waals surface area contributed by atoms with Crippen LogP contribution in [0.1, 0.15) is 11.6 Å². The number of aromatic nitrogens is 5. The molecule has 0 radical (unpaired) electrons. The summed E-state index contributed by atoms with van der Waals surface area (Å²) in [6, 6.07) is 1.63. The van der Waals surface area contributed by atoms with Crippen molar-refractivity contribution in [3.8, 4) is 0 Å². The number of amides is 1. The first-order valence-electron chi connectivity index (χ1n) is 4.59. The number of hydrogen-bond acceptors (Lipinski definition) is 6. The van der Waals surface area contributed by atoms with Crippen LogP contribution in [0.15, 0.2) is 10.6 Å². The van der Waals surface area contributed by atoms with Crippen molar-refractivity contribution in [2.24, 2.45) is 7.05 Å². The van der Waals surface area contributed by atoms with Gasteiger partial charge in [-0.25, -0.2) is 4.68 Å². The van der Waals surface area contributed by atoms with Crippen molar-refractivity contribution in [3.05, 3.63) is 17.7 Å². The molecule has 0 saturated carbocycles. The highest BCUT2D eigenvalue weighted by Gasteiger charge is 2.11. The Bertz CT molecular complexity index is 502. The number of hydrogen-bond donors (Lipinski definition) is 1. The first-order valence-corrected chi connectivity index (χ1v) is 4.59. The highest BCUT2D eigenvalue weighted by Crippen LogP contribution is 2.07. The Morgan fingerprint density at radius 3 is 3.00 bits per heavy atom. The van der Waals surface area contributed by atoms with Crippen LogP contribution in [0.4, 0.5) is 5.82 Å². The van der Waals surface area contributed by atoms with Crippen molar-refractivity contribution in [3.63, 3.8) is 0 Å². The van der Waals surface area contributed by atoms with Gasteiger partial charge >= 0.3 is 0 Å². The van der Waals surface area contributed by atoms with E-state index in [9.17, 15) is 4.79 Å². The van der Waals surface area contributed by atoms with Crippen molar-refractivity contribution < 1.29 is 9.32 Å².